The van der Waals surface area contributed by atoms with Gasteiger partial charge in [-0.05, 0) is 39.3 Å². The van der Waals surface area contributed by atoms with Crippen LogP contribution in [0.5, 0.6) is 0 Å². The third-order valence-corrected chi connectivity index (χ3v) is 4.48. The van der Waals surface area contributed by atoms with Gasteiger partial charge in [-0.1, -0.05) is 18.2 Å². The molecular formula is C21H29N3O5. The second-order valence-electron chi connectivity index (χ2n) is 7.92. The third kappa shape index (κ3) is 5.73. The number of hydrogen-bond acceptors (Lipinski definition) is 5. The lowest BCUT2D eigenvalue weighted by Crippen LogP contribution is -2.52. The van der Waals surface area contributed by atoms with Gasteiger partial charge in [0.05, 0.1) is 7.11 Å². The molecule has 0 aliphatic carbocycles. The Bertz CT molecular complexity index is 884. The van der Waals surface area contributed by atoms with Gasteiger partial charge in [0.1, 0.15) is 17.7 Å². The maximum absolute atomic E-state index is 12.8. The van der Waals surface area contributed by atoms with E-state index in [9.17, 15) is 14.4 Å². The number of hydrogen-bond donors (Lipinski definition) is 2. The van der Waals surface area contributed by atoms with Gasteiger partial charge < -0.3 is 24.7 Å². The first-order chi connectivity index (χ1) is 13.5. The van der Waals surface area contributed by atoms with Crippen LogP contribution in [0.3, 0.4) is 0 Å². The number of benzene rings is 1. The number of H-pyrrole nitrogens is 1. The zero-order chi connectivity index (χ0) is 21.8. The third-order valence-electron chi connectivity index (χ3n) is 4.48. The number of fused-ring (bicyclic) bond motifs is 1. The van der Waals surface area contributed by atoms with Crippen molar-refractivity contribution in [3.63, 3.8) is 0 Å². The molecule has 0 spiro atoms. The van der Waals surface area contributed by atoms with Crippen LogP contribution in [-0.2, 0) is 25.5 Å². The highest BCUT2D eigenvalue weighted by Gasteiger charge is 2.32. The minimum absolute atomic E-state index is 0.276. The van der Waals surface area contributed by atoms with Crippen molar-refractivity contribution >= 4 is 28.9 Å². The molecule has 2 rings (SSSR count). The Morgan fingerprint density at radius 1 is 1.21 bits per heavy atom. The highest BCUT2D eigenvalue weighted by Crippen LogP contribution is 2.21. The van der Waals surface area contributed by atoms with E-state index in [1.165, 1.54) is 19.1 Å². The summed E-state index contributed by atoms with van der Waals surface area (Å²) in [5, 5.41) is 3.48. The number of esters is 1. The van der Waals surface area contributed by atoms with Gasteiger partial charge in [0, 0.05) is 30.6 Å². The number of methoxy groups -OCH3 is 1. The van der Waals surface area contributed by atoms with Crippen LogP contribution in [0.25, 0.3) is 10.9 Å². The Balaban J connectivity index is 2.15. The summed E-state index contributed by atoms with van der Waals surface area (Å²) in [7, 11) is 2.80. The van der Waals surface area contributed by atoms with Crippen molar-refractivity contribution in [2.24, 2.45) is 0 Å². The van der Waals surface area contributed by atoms with E-state index < -0.39 is 35.7 Å². The van der Waals surface area contributed by atoms with Crippen molar-refractivity contribution in [2.45, 2.75) is 51.8 Å². The minimum Gasteiger partial charge on any atom is -0.467 e. The van der Waals surface area contributed by atoms with Gasteiger partial charge in [-0.25, -0.2) is 9.59 Å². The van der Waals surface area contributed by atoms with E-state index in [0.717, 1.165) is 16.5 Å². The maximum Gasteiger partial charge on any atom is 0.408 e. The van der Waals surface area contributed by atoms with Crippen molar-refractivity contribution in [3.05, 3.63) is 36.0 Å². The second kappa shape index (κ2) is 8.98. The number of rotatable bonds is 6. The summed E-state index contributed by atoms with van der Waals surface area (Å²) in [4.78, 5) is 41.7. The second-order valence-corrected chi connectivity index (χ2v) is 7.92. The Kier molecular flexibility index (Phi) is 6.89. The quantitative estimate of drug-likeness (QED) is 0.722. The molecule has 1 aromatic carbocycles. The van der Waals surface area contributed by atoms with E-state index in [-0.39, 0.29) is 6.42 Å². The van der Waals surface area contributed by atoms with Gasteiger partial charge in [0.2, 0.25) is 5.91 Å². The average Bonchev–Trinajstić information content (AvgIpc) is 3.05. The van der Waals surface area contributed by atoms with Gasteiger partial charge in [-0.3, -0.25) is 4.79 Å². The van der Waals surface area contributed by atoms with Crippen molar-refractivity contribution in [3.8, 4) is 0 Å². The molecule has 2 aromatic rings. The fourth-order valence-electron chi connectivity index (χ4n) is 3.03. The lowest BCUT2D eigenvalue weighted by atomic mass is 10.0. The molecule has 0 aliphatic heterocycles. The summed E-state index contributed by atoms with van der Waals surface area (Å²) >= 11 is 0. The molecule has 29 heavy (non-hydrogen) atoms. The standard InChI is InChI=1S/C21H29N3O5/c1-13(23-20(27)29-21(2,3)4)18(25)24(5)17(19(26)28-6)11-14-12-22-16-10-8-7-9-15(14)16/h7-10,12-13,17,22H,11H2,1-6H3,(H,23,27)/t13-,17+/m0/s1. The number of amides is 2. The van der Waals surface area contributed by atoms with E-state index in [1.54, 1.807) is 27.7 Å². The molecule has 2 N–H and O–H groups in total. The smallest absolute Gasteiger partial charge is 0.408 e. The summed E-state index contributed by atoms with van der Waals surface area (Å²) in [5.41, 5.74) is 1.16. The largest absolute Gasteiger partial charge is 0.467 e. The molecule has 0 unspecified atom stereocenters. The van der Waals surface area contributed by atoms with Gasteiger partial charge in [-0.15, -0.1) is 0 Å². The normalized spacial score (nSPS) is 13.4. The monoisotopic (exact) mass is 403 g/mol. The van der Waals surface area contributed by atoms with Crippen molar-refractivity contribution < 1.29 is 23.9 Å². The van der Waals surface area contributed by atoms with Crippen LogP contribution >= 0.6 is 0 Å². The van der Waals surface area contributed by atoms with Gasteiger partial charge >= 0.3 is 12.1 Å². The van der Waals surface area contributed by atoms with Crippen molar-refractivity contribution in [1.82, 2.24) is 15.2 Å². The number of carbonyl (C=O) groups is 3. The zero-order valence-electron chi connectivity index (χ0n) is 17.7. The summed E-state index contributed by atoms with van der Waals surface area (Å²) < 4.78 is 10.1. The number of aromatic nitrogens is 1. The van der Waals surface area contributed by atoms with E-state index >= 15 is 0 Å². The molecule has 8 nitrogen and oxygen atoms in total. The molecule has 0 aliphatic rings. The Morgan fingerprint density at radius 2 is 1.86 bits per heavy atom. The summed E-state index contributed by atoms with van der Waals surface area (Å²) in [6.45, 7) is 6.75. The lowest BCUT2D eigenvalue weighted by Gasteiger charge is -2.29. The van der Waals surface area contributed by atoms with Gasteiger partial charge in [0.25, 0.3) is 0 Å². The molecule has 0 radical (unpaired) electrons. The van der Waals surface area contributed by atoms with E-state index in [4.69, 9.17) is 9.47 Å². The molecule has 1 aromatic heterocycles. The molecule has 0 fully saturated rings. The topological polar surface area (TPSA) is 101 Å². The molecule has 8 heteroatoms. The highest BCUT2D eigenvalue weighted by molar-refractivity contribution is 5.90. The summed E-state index contributed by atoms with van der Waals surface area (Å²) in [6, 6.07) is 6.01. The van der Waals surface area contributed by atoms with Crippen LogP contribution in [0, 0.1) is 0 Å². The van der Waals surface area contributed by atoms with E-state index in [1.807, 2.05) is 30.5 Å². The number of alkyl carbamates (subject to hydrolysis) is 1. The Morgan fingerprint density at radius 3 is 2.48 bits per heavy atom. The SMILES string of the molecule is COC(=O)[C@@H](Cc1c[nH]c2ccccc12)N(C)C(=O)[C@H](C)NC(=O)OC(C)(C)C. The lowest BCUT2D eigenvalue weighted by molar-refractivity contribution is -0.152. The first-order valence-corrected chi connectivity index (χ1v) is 9.42. The summed E-state index contributed by atoms with van der Waals surface area (Å²) in [6.07, 6.45) is 1.40. The Labute approximate surface area is 170 Å². The number of ether oxygens (including phenoxy) is 2. The molecule has 0 saturated heterocycles. The number of likely N-dealkylation sites (N-methyl/N-ethyl adjacent to an activating group) is 1. The van der Waals surface area contributed by atoms with E-state index in [0.29, 0.717) is 0 Å². The van der Waals surface area contributed by atoms with Crippen molar-refractivity contribution in [2.75, 3.05) is 14.2 Å². The summed E-state index contributed by atoms with van der Waals surface area (Å²) in [5.74, 6) is -0.957. The average molecular weight is 403 g/mol. The first-order valence-electron chi connectivity index (χ1n) is 9.42. The van der Waals surface area contributed by atoms with Crippen LogP contribution in [-0.4, -0.2) is 59.7 Å². The van der Waals surface area contributed by atoms with E-state index in [2.05, 4.69) is 10.3 Å². The molecule has 0 bridgehead atoms. The van der Waals surface area contributed by atoms with Crippen LogP contribution in [0.4, 0.5) is 4.79 Å². The highest BCUT2D eigenvalue weighted by atomic mass is 16.6. The van der Waals surface area contributed by atoms with Crippen LogP contribution in [0.2, 0.25) is 0 Å². The van der Waals surface area contributed by atoms with Crippen molar-refractivity contribution in [1.29, 1.82) is 0 Å². The van der Waals surface area contributed by atoms with Crippen LogP contribution in [0.15, 0.2) is 30.5 Å². The molecule has 0 saturated carbocycles. The van der Waals surface area contributed by atoms with Gasteiger partial charge in [-0.2, -0.15) is 0 Å². The number of para-hydroxylation sites is 1. The first kappa shape index (κ1) is 22.3. The predicted octanol–water partition coefficient (Wildman–Crippen LogP) is 2.62. The molecule has 158 valence electrons. The number of aromatic amines is 1. The zero-order valence-corrected chi connectivity index (χ0v) is 17.7. The predicted molar refractivity (Wildman–Crippen MR) is 109 cm³/mol. The molecule has 1 heterocycles. The Hall–Kier alpha value is -3.03. The van der Waals surface area contributed by atoms with Gasteiger partial charge in [0.15, 0.2) is 0 Å². The maximum atomic E-state index is 12.8. The fraction of sp³-hybridized carbons (Fsp3) is 0.476. The van der Waals surface area contributed by atoms with Crippen LogP contribution in [0.1, 0.15) is 33.3 Å². The molecular weight excluding hydrogens is 374 g/mol. The minimum atomic E-state index is -0.870. The molecule has 2 amide bonds. The number of nitrogens with zero attached hydrogens (tertiary/aromatic N) is 1. The number of nitrogens with one attached hydrogen (secondary N) is 2. The van der Waals surface area contributed by atoms with Crippen LogP contribution < -0.4 is 5.32 Å². The molecule has 2 atom stereocenters. The number of carbonyl (C=O) groups excluding carboxylic acids is 3. The fourth-order valence-corrected chi connectivity index (χ4v) is 3.03.